The van der Waals surface area contributed by atoms with Crippen LogP contribution >= 0.6 is 11.6 Å². The monoisotopic (exact) mass is 231 g/mol. The second-order valence-electron chi connectivity index (χ2n) is 3.42. The molecule has 1 heterocycles. The number of hydrogen-bond donors (Lipinski definition) is 0. The van der Waals surface area contributed by atoms with Gasteiger partial charge in [0.2, 0.25) is 5.90 Å². The third-order valence-corrected chi connectivity index (χ3v) is 2.55. The van der Waals surface area contributed by atoms with E-state index in [9.17, 15) is 0 Å². The van der Waals surface area contributed by atoms with Gasteiger partial charge in [-0.2, -0.15) is 0 Å². The van der Waals surface area contributed by atoms with Gasteiger partial charge in [-0.1, -0.05) is 24.6 Å². The van der Waals surface area contributed by atoms with Crippen molar-refractivity contribution in [3.8, 4) is 0 Å². The lowest BCUT2D eigenvalue weighted by molar-refractivity contribution is 0.0207. The molecule has 0 aromatic carbocycles. The minimum absolute atomic E-state index is 0.191. The number of allylic oxidation sites excluding steroid dienone is 1. The van der Waals surface area contributed by atoms with Gasteiger partial charge in [-0.25, -0.2) is 0 Å². The van der Waals surface area contributed by atoms with Gasteiger partial charge in [0.05, 0.1) is 18.2 Å². The maximum absolute atomic E-state index is 6.04. The highest BCUT2D eigenvalue weighted by molar-refractivity contribution is 6.42. The summed E-state index contributed by atoms with van der Waals surface area (Å²) in [5.74, 6) is 0.547. The fraction of sp³-hybridized carbons (Fsp3) is 0.727. The summed E-state index contributed by atoms with van der Waals surface area (Å²) < 4.78 is 11.0. The van der Waals surface area contributed by atoms with Crippen molar-refractivity contribution in [1.82, 2.24) is 0 Å². The number of aliphatic imine (C=N–C) groups is 1. The van der Waals surface area contributed by atoms with E-state index in [1.165, 1.54) is 0 Å². The number of halogens is 1. The molecule has 0 bridgehead atoms. The summed E-state index contributed by atoms with van der Waals surface area (Å²) >= 11 is 6.04. The van der Waals surface area contributed by atoms with E-state index in [1.54, 1.807) is 7.05 Å². The molecule has 0 spiro atoms. The Kier molecular flexibility index (Phi) is 5.73. The van der Waals surface area contributed by atoms with E-state index in [-0.39, 0.29) is 6.10 Å². The lowest BCUT2D eigenvalue weighted by Gasteiger charge is -2.23. The summed E-state index contributed by atoms with van der Waals surface area (Å²) in [7, 11) is 1.69. The summed E-state index contributed by atoms with van der Waals surface area (Å²) in [6.45, 7) is 3.55. The lowest BCUT2D eigenvalue weighted by atomic mass is 10.1. The van der Waals surface area contributed by atoms with Crippen molar-refractivity contribution in [2.24, 2.45) is 4.99 Å². The Morgan fingerprint density at radius 1 is 1.53 bits per heavy atom. The molecule has 0 atom stereocenters. The predicted molar refractivity (Wildman–Crippen MR) is 62.5 cm³/mol. The highest BCUT2D eigenvalue weighted by Crippen LogP contribution is 2.15. The van der Waals surface area contributed by atoms with Gasteiger partial charge in [-0.05, 0) is 6.42 Å². The summed E-state index contributed by atoms with van der Waals surface area (Å²) in [5, 5.41) is 0.603. The Balaban J connectivity index is 2.49. The molecule has 0 amide bonds. The zero-order valence-electron chi connectivity index (χ0n) is 9.33. The van der Waals surface area contributed by atoms with Crippen LogP contribution in [0.2, 0.25) is 0 Å². The molecular weight excluding hydrogens is 214 g/mol. The number of ether oxygens (including phenoxy) is 2. The van der Waals surface area contributed by atoms with Crippen LogP contribution in [0.1, 0.15) is 26.2 Å². The predicted octanol–water partition coefficient (Wildman–Crippen LogP) is 2.74. The molecule has 15 heavy (non-hydrogen) atoms. The minimum atomic E-state index is 0.191. The number of rotatable bonds is 3. The molecule has 0 saturated carbocycles. The van der Waals surface area contributed by atoms with Crippen LogP contribution in [0, 0.1) is 0 Å². The van der Waals surface area contributed by atoms with Crippen molar-refractivity contribution < 1.29 is 9.47 Å². The first-order valence-corrected chi connectivity index (χ1v) is 5.73. The van der Waals surface area contributed by atoms with E-state index in [0.717, 1.165) is 32.5 Å². The van der Waals surface area contributed by atoms with Crippen molar-refractivity contribution in [2.45, 2.75) is 32.3 Å². The van der Waals surface area contributed by atoms with Gasteiger partial charge in [-0.3, -0.25) is 4.99 Å². The topological polar surface area (TPSA) is 30.8 Å². The van der Waals surface area contributed by atoms with Crippen molar-refractivity contribution in [3.05, 3.63) is 11.1 Å². The molecule has 0 N–H and O–H groups in total. The molecule has 86 valence electrons. The molecule has 0 aliphatic carbocycles. The van der Waals surface area contributed by atoms with E-state index < -0.39 is 0 Å². The van der Waals surface area contributed by atoms with Crippen LogP contribution in [0.5, 0.6) is 0 Å². The van der Waals surface area contributed by atoms with E-state index >= 15 is 0 Å². The molecule has 4 heteroatoms. The molecular formula is C11H18ClNO2. The molecule has 0 aromatic rings. The van der Waals surface area contributed by atoms with Crippen LogP contribution in [-0.2, 0) is 9.47 Å². The summed E-state index contributed by atoms with van der Waals surface area (Å²) in [6, 6.07) is 0. The first-order chi connectivity index (χ1) is 7.27. The summed E-state index contributed by atoms with van der Waals surface area (Å²) in [5.41, 5.74) is 0. The maximum Gasteiger partial charge on any atom is 0.227 e. The second kappa shape index (κ2) is 6.85. The van der Waals surface area contributed by atoms with Crippen LogP contribution < -0.4 is 0 Å². The number of hydrogen-bond acceptors (Lipinski definition) is 3. The summed E-state index contributed by atoms with van der Waals surface area (Å²) in [4.78, 5) is 4.05. The fourth-order valence-corrected chi connectivity index (χ4v) is 1.72. The highest BCUT2D eigenvalue weighted by Gasteiger charge is 2.17. The molecule has 1 aliphatic rings. The molecule has 0 unspecified atom stereocenters. The van der Waals surface area contributed by atoms with Crippen molar-refractivity contribution in [3.63, 3.8) is 0 Å². The Labute approximate surface area is 96.1 Å². The molecule has 1 rings (SSSR count). The van der Waals surface area contributed by atoms with Gasteiger partial charge in [0, 0.05) is 19.9 Å². The third kappa shape index (κ3) is 4.22. The Hall–Kier alpha value is -0.540. The molecule has 0 aromatic heterocycles. The fourth-order valence-electron chi connectivity index (χ4n) is 1.43. The first-order valence-electron chi connectivity index (χ1n) is 5.35. The average Bonchev–Trinajstić information content (AvgIpc) is 2.27. The van der Waals surface area contributed by atoms with Crippen molar-refractivity contribution in [1.29, 1.82) is 0 Å². The third-order valence-electron chi connectivity index (χ3n) is 2.24. The Morgan fingerprint density at radius 3 is 2.73 bits per heavy atom. The molecule has 1 saturated heterocycles. The Bertz CT molecular complexity index is 245. The van der Waals surface area contributed by atoms with Crippen LogP contribution in [0.3, 0.4) is 0 Å². The van der Waals surface area contributed by atoms with E-state index in [1.807, 2.05) is 13.0 Å². The first kappa shape index (κ1) is 12.5. The Morgan fingerprint density at radius 2 is 2.20 bits per heavy atom. The number of nitrogens with zero attached hydrogens (tertiary/aromatic N) is 1. The van der Waals surface area contributed by atoms with Gasteiger partial charge >= 0.3 is 0 Å². The molecule has 1 aliphatic heterocycles. The minimum Gasteiger partial charge on any atom is -0.473 e. The zero-order valence-corrected chi connectivity index (χ0v) is 10.1. The molecule has 3 nitrogen and oxygen atoms in total. The average molecular weight is 232 g/mol. The quantitative estimate of drug-likeness (QED) is 0.553. The lowest BCUT2D eigenvalue weighted by Crippen LogP contribution is -2.26. The van der Waals surface area contributed by atoms with E-state index in [0.29, 0.717) is 10.9 Å². The molecule has 0 radical (unpaired) electrons. The summed E-state index contributed by atoms with van der Waals surface area (Å²) in [6.07, 6.45) is 4.81. The molecule has 1 fully saturated rings. The van der Waals surface area contributed by atoms with Gasteiger partial charge in [0.25, 0.3) is 0 Å². The largest absolute Gasteiger partial charge is 0.473 e. The standard InChI is InChI=1S/C11H18ClNO2/c1-3-4-10(12)11(13-2)15-9-5-7-14-8-6-9/h4,9H,3,5-8H2,1-2H3/b10-4+,13-11?. The zero-order chi connectivity index (χ0) is 11.1. The SMILES string of the molecule is CC/C=C(/Cl)C(=NC)OC1CCOCC1. The highest BCUT2D eigenvalue weighted by atomic mass is 35.5. The van der Waals surface area contributed by atoms with Crippen LogP contribution in [0.15, 0.2) is 16.1 Å². The van der Waals surface area contributed by atoms with E-state index in [2.05, 4.69) is 4.99 Å². The van der Waals surface area contributed by atoms with Gasteiger partial charge in [0.1, 0.15) is 6.10 Å². The van der Waals surface area contributed by atoms with Crippen LogP contribution in [0.4, 0.5) is 0 Å². The van der Waals surface area contributed by atoms with E-state index in [4.69, 9.17) is 21.1 Å². The van der Waals surface area contributed by atoms with Crippen LogP contribution in [-0.4, -0.2) is 32.3 Å². The van der Waals surface area contributed by atoms with Crippen molar-refractivity contribution in [2.75, 3.05) is 20.3 Å². The maximum atomic E-state index is 6.04. The van der Waals surface area contributed by atoms with Gasteiger partial charge < -0.3 is 9.47 Å². The van der Waals surface area contributed by atoms with Gasteiger partial charge in [-0.15, -0.1) is 0 Å². The van der Waals surface area contributed by atoms with Crippen LogP contribution in [0.25, 0.3) is 0 Å². The smallest absolute Gasteiger partial charge is 0.227 e. The normalized spacial score (nSPS) is 20.5. The second-order valence-corrected chi connectivity index (χ2v) is 3.83. The van der Waals surface area contributed by atoms with Gasteiger partial charge in [0.15, 0.2) is 0 Å². The van der Waals surface area contributed by atoms with Crippen molar-refractivity contribution >= 4 is 17.5 Å².